The third kappa shape index (κ3) is 2.41. The number of halogens is 2. The summed E-state index contributed by atoms with van der Waals surface area (Å²) in [5, 5.41) is 7.18. The summed E-state index contributed by atoms with van der Waals surface area (Å²) in [5.41, 5.74) is 2.02. The van der Waals surface area contributed by atoms with Crippen molar-refractivity contribution in [3.8, 4) is 11.1 Å². The number of likely N-dealkylation sites (N-methyl/N-ethyl adjacent to an activating group) is 1. The lowest BCUT2D eigenvalue weighted by Crippen LogP contribution is -2.13. The van der Waals surface area contributed by atoms with Crippen LogP contribution in [0.2, 0.25) is 0 Å². The molecule has 0 aliphatic heterocycles. The van der Waals surface area contributed by atoms with Crippen molar-refractivity contribution in [2.24, 2.45) is 7.05 Å². The molecule has 0 aliphatic carbocycles. The standard InChI is InChI=1S/C13H15F2N3/c1-16-6-5-13-11(8-17-18(13)2)10-4-3-9(14)7-12(10)15/h3-4,7-8,16H,5-6H2,1-2H3. The summed E-state index contributed by atoms with van der Waals surface area (Å²) in [6.07, 6.45) is 2.35. The van der Waals surface area contributed by atoms with Gasteiger partial charge in [0.05, 0.1) is 6.20 Å². The van der Waals surface area contributed by atoms with E-state index in [9.17, 15) is 8.78 Å². The molecule has 5 heteroatoms. The number of aryl methyl sites for hydroxylation is 1. The Bertz CT molecular complexity index is 549. The number of rotatable bonds is 4. The van der Waals surface area contributed by atoms with Crippen LogP contribution < -0.4 is 5.32 Å². The fourth-order valence-electron chi connectivity index (χ4n) is 1.94. The molecule has 0 saturated heterocycles. The smallest absolute Gasteiger partial charge is 0.134 e. The van der Waals surface area contributed by atoms with E-state index >= 15 is 0 Å². The Morgan fingerprint density at radius 2 is 2.06 bits per heavy atom. The Morgan fingerprint density at radius 3 is 2.72 bits per heavy atom. The Morgan fingerprint density at radius 1 is 1.28 bits per heavy atom. The summed E-state index contributed by atoms with van der Waals surface area (Å²) in [6.45, 7) is 0.773. The molecule has 0 bridgehead atoms. The van der Waals surface area contributed by atoms with Gasteiger partial charge in [0.1, 0.15) is 11.6 Å². The third-order valence-corrected chi connectivity index (χ3v) is 2.89. The normalized spacial score (nSPS) is 10.9. The van der Waals surface area contributed by atoms with Gasteiger partial charge in [-0.1, -0.05) is 0 Å². The van der Waals surface area contributed by atoms with Crippen molar-refractivity contribution >= 4 is 0 Å². The van der Waals surface area contributed by atoms with Gasteiger partial charge < -0.3 is 5.32 Å². The first-order valence-electron chi connectivity index (χ1n) is 5.74. The van der Waals surface area contributed by atoms with E-state index in [1.165, 1.54) is 12.1 Å². The molecule has 0 saturated carbocycles. The second-order valence-corrected chi connectivity index (χ2v) is 4.11. The molecule has 0 unspecified atom stereocenters. The Kier molecular flexibility index (Phi) is 3.72. The highest BCUT2D eigenvalue weighted by Gasteiger charge is 2.14. The molecule has 2 aromatic rings. The lowest BCUT2D eigenvalue weighted by Gasteiger charge is -2.07. The zero-order valence-electron chi connectivity index (χ0n) is 10.4. The van der Waals surface area contributed by atoms with Gasteiger partial charge in [-0.2, -0.15) is 5.10 Å². The van der Waals surface area contributed by atoms with Gasteiger partial charge in [0, 0.05) is 42.9 Å². The van der Waals surface area contributed by atoms with Gasteiger partial charge in [0.2, 0.25) is 0 Å². The summed E-state index contributed by atoms with van der Waals surface area (Å²) < 4.78 is 28.4. The highest BCUT2D eigenvalue weighted by molar-refractivity contribution is 5.66. The zero-order chi connectivity index (χ0) is 13.1. The lowest BCUT2D eigenvalue weighted by molar-refractivity contribution is 0.585. The average Bonchev–Trinajstić information content (AvgIpc) is 2.68. The molecule has 3 nitrogen and oxygen atoms in total. The SMILES string of the molecule is CNCCc1c(-c2ccc(F)cc2F)cnn1C. The number of hydrogen-bond donors (Lipinski definition) is 1. The lowest BCUT2D eigenvalue weighted by atomic mass is 10.0. The Labute approximate surface area is 104 Å². The van der Waals surface area contributed by atoms with Gasteiger partial charge in [-0.3, -0.25) is 4.68 Å². The molecule has 18 heavy (non-hydrogen) atoms. The molecule has 0 radical (unpaired) electrons. The number of nitrogens with one attached hydrogen (secondary N) is 1. The van der Waals surface area contributed by atoms with E-state index in [0.29, 0.717) is 11.1 Å². The van der Waals surface area contributed by atoms with Gasteiger partial charge in [0.25, 0.3) is 0 Å². The summed E-state index contributed by atoms with van der Waals surface area (Å²) in [6, 6.07) is 3.60. The molecule has 1 aromatic carbocycles. The molecular weight excluding hydrogens is 236 g/mol. The predicted molar refractivity (Wildman–Crippen MR) is 66.2 cm³/mol. The van der Waals surface area contributed by atoms with Gasteiger partial charge in [-0.05, 0) is 19.2 Å². The molecule has 1 aromatic heterocycles. The fourth-order valence-corrected chi connectivity index (χ4v) is 1.94. The van der Waals surface area contributed by atoms with Crippen LogP contribution in [0.25, 0.3) is 11.1 Å². The third-order valence-electron chi connectivity index (χ3n) is 2.89. The molecule has 2 rings (SSSR count). The van der Waals surface area contributed by atoms with Crippen LogP contribution in [0.5, 0.6) is 0 Å². The maximum absolute atomic E-state index is 13.8. The maximum Gasteiger partial charge on any atom is 0.134 e. The van der Waals surface area contributed by atoms with E-state index in [0.717, 1.165) is 24.7 Å². The van der Waals surface area contributed by atoms with E-state index in [-0.39, 0.29) is 0 Å². The van der Waals surface area contributed by atoms with Gasteiger partial charge in [0.15, 0.2) is 0 Å². The van der Waals surface area contributed by atoms with E-state index in [4.69, 9.17) is 0 Å². The molecule has 0 atom stereocenters. The number of benzene rings is 1. The van der Waals surface area contributed by atoms with Gasteiger partial charge >= 0.3 is 0 Å². The Balaban J connectivity index is 2.43. The second-order valence-electron chi connectivity index (χ2n) is 4.11. The molecule has 0 spiro atoms. The van der Waals surface area contributed by atoms with Crippen LogP contribution in [0.15, 0.2) is 24.4 Å². The van der Waals surface area contributed by atoms with Crippen molar-refractivity contribution < 1.29 is 8.78 Å². The zero-order valence-corrected chi connectivity index (χ0v) is 10.4. The molecule has 0 amide bonds. The van der Waals surface area contributed by atoms with Crippen molar-refractivity contribution in [1.29, 1.82) is 0 Å². The summed E-state index contributed by atoms with van der Waals surface area (Å²) in [7, 11) is 3.67. The van der Waals surface area contributed by atoms with Crippen molar-refractivity contribution in [1.82, 2.24) is 15.1 Å². The topological polar surface area (TPSA) is 29.9 Å². The highest BCUT2D eigenvalue weighted by atomic mass is 19.1. The monoisotopic (exact) mass is 251 g/mol. The van der Waals surface area contributed by atoms with E-state index in [1.54, 1.807) is 10.9 Å². The van der Waals surface area contributed by atoms with Crippen molar-refractivity contribution in [2.75, 3.05) is 13.6 Å². The first-order valence-corrected chi connectivity index (χ1v) is 5.74. The van der Waals surface area contributed by atoms with Crippen LogP contribution in [0.4, 0.5) is 8.78 Å². The van der Waals surface area contributed by atoms with Crippen LogP contribution in [0.3, 0.4) is 0 Å². The van der Waals surface area contributed by atoms with Crippen LogP contribution in [-0.4, -0.2) is 23.4 Å². The van der Waals surface area contributed by atoms with Gasteiger partial charge in [-0.25, -0.2) is 8.78 Å². The van der Waals surface area contributed by atoms with Crippen molar-refractivity contribution in [2.45, 2.75) is 6.42 Å². The molecule has 0 aliphatic rings. The minimum Gasteiger partial charge on any atom is -0.319 e. The van der Waals surface area contributed by atoms with Crippen molar-refractivity contribution in [3.63, 3.8) is 0 Å². The largest absolute Gasteiger partial charge is 0.319 e. The maximum atomic E-state index is 13.8. The summed E-state index contributed by atoms with van der Waals surface area (Å²) in [5.74, 6) is -1.13. The molecule has 0 fully saturated rings. The summed E-state index contributed by atoms with van der Waals surface area (Å²) in [4.78, 5) is 0. The van der Waals surface area contributed by atoms with E-state index in [2.05, 4.69) is 10.4 Å². The average molecular weight is 251 g/mol. The predicted octanol–water partition coefficient (Wildman–Crippen LogP) is 2.13. The van der Waals surface area contributed by atoms with Crippen molar-refractivity contribution in [3.05, 3.63) is 41.7 Å². The van der Waals surface area contributed by atoms with Crippen LogP contribution in [-0.2, 0) is 13.5 Å². The number of nitrogens with zero attached hydrogens (tertiary/aromatic N) is 2. The number of aromatic nitrogens is 2. The van der Waals surface area contributed by atoms with Crippen LogP contribution in [0.1, 0.15) is 5.69 Å². The fraction of sp³-hybridized carbons (Fsp3) is 0.308. The summed E-state index contributed by atoms with van der Waals surface area (Å²) >= 11 is 0. The molecule has 1 N–H and O–H groups in total. The quantitative estimate of drug-likeness (QED) is 0.902. The minimum absolute atomic E-state index is 0.385. The minimum atomic E-state index is -0.572. The Hall–Kier alpha value is -1.75. The molecule has 1 heterocycles. The van der Waals surface area contributed by atoms with Crippen LogP contribution >= 0.6 is 0 Å². The molecule has 96 valence electrons. The first kappa shape index (κ1) is 12.7. The van der Waals surface area contributed by atoms with E-state index in [1.807, 2.05) is 14.1 Å². The number of hydrogen-bond acceptors (Lipinski definition) is 2. The van der Waals surface area contributed by atoms with Gasteiger partial charge in [-0.15, -0.1) is 0 Å². The first-order chi connectivity index (χ1) is 8.63. The second kappa shape index (κ2) is 5.27. The van der Waals surface area contributed by atoms with Crippen LogP contribution in [0, 0.1) is 11.6 Å². The van der Waals surface area contributed by atoms with E-state index < -0.39 is 11.6 Å². The molecular formula is C13H15F2N3. The highest BCUT2D eigenvalue weighted by Crippen LogP contribution is 2.26.